The zero-order valence-electron chi connectivity index (χ0n) is 11.9. The SMILES string of the molecule is CC(=O)[C@H](C[C@@H]1CCNC1=O)NC(=O)OC(C)(C)C. The number of carbonyl (C=O) groups is 3. The summed E-state index contributed by atoms with van der Waals surface area (Å²) in [7, 11) is 0. The molecule has 0 aliphatic carbocycles. The van der Waals surface area contributed by atoms with Crippen LogP contribution in [0.15, 0.2) is 0 Å². The number of alkyl carbamates (subject to hydrolysis) is 1. The maximum absolute atomic E-state index is 11.6. The van der Waals surface area contributed by atoms with E-state index in [0.29, 0.717) is 19.4 Å². The molecule has 1 aliphatic heterocycles. The van der Waals surface area contributed by atoms with Gasteiger partial charge in [0.15, 0.2) is 5.78 Å². The highest BCUT2D eigenvalue weighted by Crippen LogP contribution is 2.17. The van der Waals surface area contributed by atoms with Gasteiger partial charge in [-0.2, -0.15) is 0 Å². The lowest BCUT2D eigenvalue weighted by atomic mass is 9.96. The van der Waals surface area contributed by atoms with Crippen molar-refractivity contribution in [2.45, 2.75) is 52.2 Å². The fourth-order valence-corrected chi connectivity index (χ4v) is 1.93. The van der Waals surface area contributed by atoms with Gasteiger partial charge >= 0.3 is 6.09 Å². The van der Waals surface area contributed by atoms with Crippen molar-refractivity contribution >= 4 is 17.8 Å². The number of amides is 2. The van der Waals surface area contributed by atoms with E-state index in [4.69, 9.17) is 4.74 Å². The lowest BCUT2D eigenvalue weighted by Crippen LogP contribution is -2.44. The minimum absolute atomic E-state index is 0.0581. The fourth-order valence-electron chi connectivity index (χ4n) is 1.93. The summed E-state index contributed by atoms with van der Waals surface area (Å²) in [5, 5.41) is 5.24. The molecule has 1 saturated heterocycles. The third-order valence-corrected chi connectivity index (χ3v) is 2.86. The Bertz CT molecular complexity index is 373. The Balaban J connectivity index is 2.56. The van der Waals surface area contributed by atoms with Crippen molar-refractivity contribution in [1.29, 1.82) is 0 Å². The molecule has 1 fully saturated rings. The Hall–Kier alpha value is -1.59. The molecule has 0 unspecified atom stereocenters. The Morgan fingerprint density at radius 3 is 2.53 bits per heavy atom. The number of rotatable bonds is 4. The molecule has 0 aromatic rings. The van der Waals surface area contributed by atoms with Gasteiger partial charge in [-0.3, -0.25) is 9.59 Å². The molecular formula is C13H22N2O4. The second kappa shape index (κ2) is 6.04. The first-order chi connectivity index (χ1) is 8.69. The molecular weight excluding hydrogens is 248 g/mol. The molecule has 0 spiro atoms. The second-order valence-electron chi connectivity index (χ2n) is 5.82. The largest absolute Gasteiger partial charge is 0.444 e. The van der Waals surface area contributed by atoms with Crippen LogP contribution in [0.25, 0.3) is 0 Å². The van der Waals surface area contributed by atoms with Crippen LogP contribution in [0.3, 0.4) is 0 Å². The molecule has 2 atom stereocenters. The van der Waals surface area contributed by atoms with Gasteiger partial charge in [0.05, 0.1) is 6.04 Å². The number of ketones is 1. The van der Waals surface area contributed by atoms with Gasteiger partial charge in [-0.1, -0.05) is 0 Å². The fraction of sp³-hybridized carbons (Fsp3) is 0.769. The lowest BCUT2D eigenvalue weighted by molar-refractivity contribution is -0.123. The molecule has 1 heterocycles. The van der Waals surface area contributed by atoms with E-state index >= 15 is 0 Å². The number of hydrogen-bond donors (Lipinski definition) is 2. The van der Waals surface area contributed by atoms with E-state index in [1.165, 1.54) is 6.92 Å². The molecule has 2 amide bonds. The summed E-state index contributed by atoms with van der Waals surface area (Å²) in [5.41, 5.74) is -0.615. The molecule has 108 valence electrons. The summed E-state index contributed by atoms with van der Waals surface area (Å²) in [5.74, 6) is -0.452. The van der Waals surface area contributed by atoms with Gasteiger partial charge < -0.3 is 15.4 Å². The summed E-state index contributed by atoms with van der Waals surface area (Å²) in [6, 6.07) is -0.677. The molecule has 1 rings (SSSR count). The number of hydrogen-bond acceptors (Lipinski definition) is 4. The molecule has 1 aliphatic rings. The Kier molecular flexibility index (Phi) is 4.91. The van der Waals surface area contributed by atoms with E-state index in [0.717, 1.165) is 0 Å². The van der Waals surface area contributed by atoms with E-state index in [9.17, 15) is 14.4 Å². The first kappa shape index (κ1) is 15.5. The van der Waals surface area contributed by atoms with Gasteiger partial charge in [0.1, 0.15) is 5.60 Å². The molecule has 6 nitrogen and oxygen atoms in total. The first-order valence-electron chi connectivity index (χ1n) is 6.46. The highest BCUT2D eigenvalue weighted by atomic mass is 16.6. The first-order valence-corrected chi connectivity index (χ1v) is 6.46. The van der Waals surface area contributed by atoms with Crippen LogP contribution < -0.4 is 10.6 Å². The smallest absolute Gasteiger partial charge is 0.408 e. The number of nitrogens with one attached hydrogen (secondary N) is 2. The highest BCUT2D eigenvalue weighted by molar-refractivity contribution is 5.87. The molecule has 0 saturated carbocycles. The van der Waals surface area contributed by atoms with Gasteiger partial charge in [0, 0.05) is 12.5 Å². The third kappa shape index (κ3) is 5.28. The van der Waals surface area contributed by atoms with Crippen LogP contribution in [-0.4, -0.2) is 36.0 Å². The normalized spacial score (nSPS) is 20.6. The van der Waals surface area contributed by atoms with Crippen LogP contribution >= 0.6 is 0 Å². The van der Waals surface area contributed by atoms with Gasteiger partial charge in [-0.25, -0.2) is 4.79 Å². The molecule has 2 N–H and O–H groups in total. The summed E-state index contributed by atoms with van der Waals surface area (Å²) >= 11 is 0. The Labute approximate surface area is 113 Å². The highest BCUT2D eigenvalue weighted by Gasteiger charge is 2.30. The van der Waals surface area contributed by atoms with E-state index in [-0.39, 0.29) is 17.6 Å². The topological polar surface area (TPSA) is 84.5 Å². The second-order valence-corrected chi connectivity index (χ2v) is 5.82. The summed E-state index contributed by atoms with van der Waals surface area (Å²) in [6.07, 6.45) is 0.380. The molecule has 0 aromatic heterocycles. The van der Waals surface area contributed by atoms with Crippen LogP contribution in [0, 0.1) is 5.92 Å². The third-order valence-electron chi connectivity index (χ3n) is 2.86. The van der Waals surface area contributed by atoms with E-state index in [1.807, 2.05) is 0 Å². The van der Waals surface area contributed by atoms with Crippen LogP contribution in [0.2, 0.25) is 0 Å². The molecule has 0 aromatic carbocycles. The number of ether oxygens (including phenoxy) is 1. The number of Topliss-reactive ketones (excluding diaryl/α,β-unsaturated/α-hetero) is 1. The zero-order chi connectivity index (χ0) is 14.6. The summed E-state index contributed by atoms with van der Waals surface area (Å²) in [4.78, 5) is 34.7. The Morgan fingerprint density at radius 2 is 2.11 bits per heavy atom. The monoisotopic (exact) mass is 270 g/mol. The predicted molar refractivity (Wildman–Crippen MR) is 69.6 cm³/mol. The lowest BCUT2D eigenvalue weighted by Gasteiger charge is -2.23. The van der Waals surface area contributed by atoms with Crippen LogP contribution in [0.4, 0.5) is 4.79 Å². The van der Waals surface area contributed by atoms with Crippen molar-refractivity contribution in [3.63, 3.8) is 0 Å². The van der Waals surface area contributed by atoms with E-state index in [1.54, 1.807) is 20.8 Å². The standard InChI is InChI=1S/C13H22N2O4/c1-8(16)10(7-9-5-6-14-11(9)17)15-12(18)19-13(2,3)4/h9-10H,5-7H2,1-4H3,(H,14,17)(H,15,18)/t9-,10-/m0/s1. The van der Waals surface area contributed by atoms with Gasteiger partial charge in [0.2, 0.25) is 5.91 Å². The van der Waals surface area contributed by atoms with Gasteiger partial charge in [-0.15, -0.1) is 0 Å². The van der Waals surface area contributed by atoms with Crippen molar-refractivity contribution < 1.29 is 19.1 Å². The zero-order valence-corrected chi connectivity index (χ0v) is 11.9. The Morgan fingerprint density at radius 1 is 1.47 bits per heavy atom. The van der Waals surface area contributed by atoms with Crippen LogP contribution in [-0.2, 0) is 14.3 Å². The van der Waals surface area contributed by atoms with Crippen LogP contribution in [0.1, 0.15) is 40.5 Å². The molecule has 6 heteroatoms. The van der Waals surface area contributed by atoms with Crippen LogP contribution in [0.5, 0.6) is 0 Å². The average Bonchev–Trinajstić information content (AvgIpc) is 2.60. The maximum Gasteiger partial charge on any atom is 0.408 e. The minimum Gasteiger partial charge on any atom is -0.444 e. The summed E-state index contributed by atoms with van der Waals surface area (Å²) in [6.45, 7) is 7.27. The maximum atomic E-state index is 11.6. The van der Waals surface area contributed by atoms with Gasteiger partial charge in [0.25, 0.3) is 0 Å². The average molecular weight is 270 g/mol. The van der Waals surface area contributed by atoms with Crippen molar-refractivity contribution in [2.24, 2.45) is 5.92 Å². The van der Waals surface area contributed by atoms with E-state index in [2.05, 4.69) is 10.6 Å². The quantitative estimate of drug-likeness (QED) is 0.798. The predicted octanol–water partition coefficient (Wildman–Crippen LogP) is 0.995. The molecule has 0 bridgehead atoms. The molecule has 19 heavy (non-hydrogen) atoms. The van der Waals surface area contributed by atoms with Gasteiger partial charge in [-0.05, 0) is 40.5 Å². The van der Waals surface area contributed by atoms with Crippen molar-refractivity contribution in [3.8, 4) is 0 Å². The van der Waals surface area contributed by atoms with E-state index < -0.39 is 17.7 Å². The summed E-state index contributed by atoms with van der Waals surface area (Å²) < 4.78 is 5.11. The van der Waals surface area contributed by atoms with Crippen molar-refractivity contribution in [1.82, 2.24) is 10.6 Å². The minimum atomic E-state index is -0.677. The molecule has 0 radical (unpaired) electrons. The number of carbonyl (C=O) groups excluding carboxylic acids is 3. The van der Waals surface area contributed by atoms with Crippen molar-refractivity contribution in [2.75, 3.05) is 6.54 Å². The van der Waals surface area contributed by atoms with Crippen molar-refractivity contribution in [3.05, 3.63) is 0 Å².